The van der Waals surface area contributed by atoms with Crippen molar-refractivity contribution in [2.45, 2.75) is 37.8 Å². The summed E-state index contributed by atoms with van der Waals surface area (Å²) in [5.74, 6) is 1.24. The number of phenolic OH excluding ortho intramolecular Hbond substituents is 1. The Morgan fingerprint density at radius 2 is 1.78 bits per heavy atom. The molecule has 2 aromatic carbocycles. The number of fused-ring (bicyclic) bond motifs is 1. The molecule has 2 saturated heterocycles. The molecular weight excluding hydrogens is 406 g/mol. The van der Waals surface area contributed by atoms with Gasteiger partial charge in [-0.05, 0) is 68.4 Å². The van der Waals surface area contributed by atoms with Gasteiger partial charge in [-0.15, -0.1) is 0 Å². The van der Waals surface area contributed by atoms with Gasteiger partial charge in [0.05, 0.1) is 0 Å². The average molecular weight is 436 g/mol. The highest BCUT2D eigenvalue weighted by Gasteiger charge is 2.22. The van der Waals surface area contributed by atoms with Gasteiger partial charge in [0.15, 0.2) is 5.76 Å². The fourth-order valence-corrected chi connectivity index (χ4v) is 4.51. The zero-order valence-corrected chi connectivity index (χ0v) is 18.0. The Balaban J connectivity index is 1.19. The topological polar surface area (TPSA) is 87.0 Å². The second kappa shape index (κ2) is 9.12. The maximum absolute atomic E-state index is 12.6. The Labute approximate surface area is 187 Å². The summed E-state index contributed by atoms with van der Waals surface area (Å²) in [5, 5.41) is 16.7. The Bertz CT molecular complexity index is 1060. The molecule has 1 amide bonds. The summed E-state index contributed by atoms with van der Waals surface area (Å²) in [6.45, 7) is 3.66. The van der Waals surface area contributed by atoms with Gasteiger partial charge in [-0.1, -0.05) is 0 Å². The Hall–Kier alpha value is -3.19. The van der Waals surface area contributed by atoms with Crippen molar-refractivity contribution in [1.29, 1.82) is 0 Å². The predicted molar refractivity (Wildman–Crippen MR) is 124 cm³/mol. The van der Waals surface area contributed by atoms with Crippen LogP contribution in [0.4, 0.5) is 5.69 Å². The van der Waals surface area contributed by atoms with Crippen LogP contribution >= 0.6 is 0 Å². The number of furan rings is 1. The second-order valence-electron chi connectivity index (χ2n) is 8.63. The van der Waals surface area contributed by atoms with Gasteiger partial charge in [0, 0.05) is 49.1 Å². The number of hydrogen-bond acceptors (Lipinski definition) is 6. The van der Waals surface area contributed by atoms with Crippen LogP contribution < -0.4 is 20.3 Å². The lowest BCUT2D eigenvalue weighted by atomic mass is 10.1. The number of carbonyl (C=O) groups excluding carboxylic acids is 1. The lowest BCUT2D eigenvalue weighted by Gasteiger charge is -2.33. The maximum atomic E-state index is 12.6. The van der Waals surface area contributed by atoms with E-state index >= 15 is 0 Å². The second-order valence-corrected chi connectivity index (χ2v) is 8.63. The molecule has 2 fully saturated rings. The third kappa shape index (κ3) is 4.67. The summed E-state index contributed by atoms with van der Waals surface area (Å²) in [4.78, 5) is 14.9. The van der Waals surface area contributed by atoms with Gasteiger partial charge in [-0.3, -0.25) is 4.79 Å². The first-order chi connectivity index (χ1) is 15.6. The molecule has 2 aliphatic rings. The monoisotopic (exact) mass is 435 g/mol. The standard InChI is InChI=1S/C25H29N3O4/c29-20-4-2-19(3-5-20)28-13-9-21(10-14-28)31-22-6-1-17-15-24(32-23(17)16-22)25(30)27-18-7-11-26-12-8-18/h1-6,15-16,18,21,26,29H,7-14H2,(H,27,30). The van der Waals surface area contributed by atoms with E-state index in [1.54, 1.807) is 18.2 Å². The highest BCUT2D eigenvalue weighted by Crippen LogP contribution is 2.28. The van der Waals surface area contributed by atoms with E-state index < -0.39 is 0 Å². The number of aromatic hydroxyl groups is 1. The summed E-state index contributed by atoms with van der Waals surface area (Å²) in [6, 6.07) is 15.1. The molecule has 7 nitrogen and oxygen atoms in total. The van der Waals surface area contributed by atoms with Crippen LogP contribution in [0.15, 0.2) is 52.9 Å². The first kappa shape index (κ1) is 20.7. The number of ether oxygens (including phenoxy) is 1. The van der Waals surface area contributed by atoms with Crippen molar-refractivity contribution in [3.05, 3.63) is 54.3 Å². The SMILES string of the molecule is O=C(NC1CCNCC1)c1cc2ccc(OC3CCN(c4ccc(O)cc4)CC3)cc2o1. The summed E-state index contributed by atoms with van der Waals surface area (Å²) in [5.41, 5.74) is 1.79. The minimum atomic E-state index is -0.155. The van der Waals surface area contributed by atoms with Crippen LogP contribution in [0.5, 0.6) is 11.5 Å². The summed E-state index contributed by atoms with van der Waals surface area (Å²) >= 11 is 0. The normalized spacial score (nSPS) is 18.1. The van der Waals surface area contributed by atoms with Crippen LogP contribution in [0.1, 0.15) is 36.2 Å². The molecule has 7 heteroatoms. The first-order valence-corrected chi connectivity index (χ1v) is 11.4. The number of hydrogen-bond donors (Lipinski definition) is 3. The summed E-state index contributed by atoms with van der Waals surface area (Å²) in [6.07, 6.45) is 3.85. The van der Waals surface area contributed by atoms with Gasteiger partial charge in [-0.2, -0.15) is 0 Å². The van der Waals surface area contributed by atoms with E-state index in [1.807, 2.05) is 30.3 Å². The molecule has 0 unspecified atom stereocenters. The Morgan fingerprint density at radius 3 is 2.53 bits per heavy atom. The van der Waals surface area contributed by atoms with Crippen LogP contribution in [0.2, 0.25) is 0 Å². The van der Waals surface area contributed by atoms with Crippen molar-refractivity contribution in [1.82, 2.24) is 10.6 Å². The molecule has 5 rings (SSSR count). The quantitative estimate of drug-likeness (QED) is 0.567. The minimum Gasteiger partial charge on any atom is -0.508 e. The fraction of sp³-hybridized carbons (Fsp3) is 0.400. The minimum absolute atomic E-state index is 0.137. The Morgan fingerprint density at radius 1 is 1.03 bits per heavy atom. The zero-order valence-electron chi connectivity index (χ0n) is 18.0. The van der Waals surface area contributed by atoms with E-state index in [2.05, 4.69) is 15.5 Å². The summed E-state index contributed by atoms with van der Waals surface area (Å²) in [7, 11) is 0. The Kier molecular flexibility index (Phi) is 5.90. The van der Waals surface area contributed by atoms with E-state index in [0.717, 1.165) is 68.7 Å². The number of benzene rings is 2. The van der Waals surface area contributed by atoms with Gasteiger partial charge in [0.2, 0.25) is 0 Å². The molecule has 0 spiro atoms. The maximum Gasteiger partial charge on any atom is 0.287 e. The number of amides is 1. The third-order valence-corrected chi connectivity index (χ3v) is 6.35. The molecule has 0 radical (unpaired) electrons. The molecule has 0 aliphatic carbocycles. The number of nitrogens with one attached hydrogen (secondary N) is 2. The van der Waals surface area contributed by atoms with Gasteiger partial charge < -0.3 is 29.8 Å². The van der Waals surface area contributed by atoms with Crippen molar-refractivity contribution < 1.29 is 19.1 Å². The number of piperidine rings is 2. The zero-order chi connectivity index (χ0) is 21.9. The van der Waals surface area contributed by atoms with E-state index in [-0.39, 0.29) is 23.8 Å². The van der Waals surface area contributed by atoms with E-state index in [9.17, 15) is 9.90 Å². The molecule has 0 saturated carbocycles. The number of carbonyl (C=O) groups is 1. The smallest absolute Gasteiger partial charge is 0.287 e. The average Bonchev–Trinajstić information content (AvgIpc) is 3.25. The van der Waals surface area contributed by atoms with Gasteiger partial charge in [-0.25, -0.2) is 0 Å². The van der Waals surface area contributed by atoms with E-state index in [1.165, 1.54) is 0 Å². The van der Waals surface area contributed by atoms with Crippen LogP contribution in [0, 0.1) is 0 Å². The van der Waals surface area contributed by atoms with Gasteiger partial charge >= 0.3 is 0 Å². The molecule has 0 bridgehead atoms. The van der Waals surface area contributed by atoms with Crippen LogP contribution in [0.3, 0.4) is 0 Å². The van der Waals surface area contributed by atoms with Gasteiger partial charge in [0.1, 0.15) is 23.2 Å². The molecule has 3 aromatic rings. The van der Waals surface area contributed by atoms with E-state index in [4.69, 9.17) is 9.15 Å². The highest BCUT2D eigenvalue weighted by molar-refractivity contribution is 5.96. The number of phenols is 1. The molecule has 2 aliphatic heterocycles. The fourth-order valence-electron chi connectivity index (χ4n) is 4.51. The molecule has 3 N–H and O–H groups in total. The van der Waals surface area contributed by atoms with Crippen LogP contribution in [0.25, 0.3) is 11.0 Å². The van der Waals surface area contributed by atoms with Crippen molar-refractivity contribution in [3.63, 3.8) is 0 Å². The molecule has 32 heavy (non-hydrogen) atoms. The highest BCUT2D eigenvalue weighted by atomic mass is 16.5. The summed E-state index contributed by atoms with van der Waals surface area (Å²) < 4.78 is 12.1. The van der Waals surface area contributed by atoms with Gasteiger partial charge in [0.25, 0.3) is 5.91 Å². The van der Waals surface area contributed by atoms with Crippen LogP contribution in [-0.2, 0) is 0 Å². The predicted octanol–water partition coefficient (Wildman–Crippen LogP) is 3.67. The van der Waals surface area contributed by atoms with E-state index in [0.29, 0.717) is 11.3 Å². The van der Waals surface area contributed by atoms with Crippen molar-refractivity contribution >= 4 is 22.6 Å². The lowest BCUT2D eigenvalue weighted by molar-refractivity contribution is 0.0903. The first-order valence-electron chi connectivity index (χ1n) is 11.4. The number of anilines is 1. The van der Waals surface area contributed by atoms with Crippen LogP contribution in [-0.4, -0.2) is 49.3 Å². The van der Waals surface area contributed by atoms with Crippen molar-refractivity contribution in [3.8, 4) is 11.5 Å². The molecular formula is C25H29N3O4. The number of nitrogens with zero attached hydrogens (tertiary/aromatic N) is 1. The van der Waals surface area contributed by atoms with Crippen molar-refractivity contribution in [2.75, 3.05) is 31.1 Å². The molecule has 3 heterocycles. The number of rotatable bonds is 5. The molecule has 1 aromatic heterocycles. The molecule has 0 atom stereocenters. The molecule has 168 valence electrons. The van der Waals surface area contributed by atoms with Crippen molar-refractivity contribution in [2.24, 2.45) is 0 Å². The largest absolute Gasteiger partial charge is 0.508 e. The third-order valence-electron chi connectivity index (χ3n) is 6.35. The lowest BCUT2D eigenvalue weighted by Crippen LogP contribution is -2.42.